The first-order chi connectivity index (χ1) is 8.09. The van der Waals surface area contributed by atoms with E-state index in [-0.39, 0.29) is 11.9 Å². The van der Waals surface area contributed by atoms with Gasteiger partial charge in [0.25, 0.3) is 0 Å². The molecule has 1 amide bonds. The second-order valence-electron chi connectivity index (χ2n) is 5.16. The number of nitrogens with one attached hydrogen (secondary N) is 1. The van der Waals surface area contributed by atoms with E-state index in [2.05, 4.69) is 5.32 Å². The van der Waals surface area contributed by atoms with Crippen LogP contribution in [-0.4, -0.2) is 47.1 Å². The van der Waals surface area contributed by atoms with Crippen LogP contribution in [0.4, 0.5) is 0 Å². The fourth-order valence-electron chi connectivity index (χ4n) is 2.73. The molecule has 0 aromatic heterocycles. The molecule has 0 aromatic carbocycles. The average Bonchev–Trinajstić information content (AvgIpc) is 2.81. The van der Waals surface area contributed by atoms with Gasteiger partial charge in [0, 0.05) is 6.54 Å². The van der Waals surface area contributed by atoms with Crippen LogP contribution in [0.3, 0.4) is 0 Å². The molecule has 2 saturated heterocycles. The highest BCUT2D eigenvalue weighted by molar-refractivity contribution is 5.87. The lowest BCUT2D eigenvalue weighted by Gasteiger charge is -2.37. The fourth-order valence-corrected chi connectivity index (χ4v) is 2.73. The van der Waals surface area contributed by atoms with Crippen LogP contribution in [0.25, 0.3) is 0 Å². The van der Waals surface area contributed by atoms with Crippen molar-refractivity contribution in [3.8, 4) is 0 Å². The minimum absolute atomic E-state index is 0.0261. The molecule has 0 aromatic rings. The van der Waals surface area contributed by atoms with E-state index < -0.39 is 12.0 Å². The van der Waals surface area contributed by atoms with Gasteiger partial charge in [-0.3, -0.25) is 4.79 Å². The summed E-state index contributed by atoms with van der Waals surface area (Å²) in [7, 11) is 0. The Kier molecular flexibility index (Phi) is 3.66. The summed E-state index contributed by atoms with van der Waals surface area (Å²) in [5, 5.41) is 12.3. The third kappa shape index (κ3) is 2.60. The molecule has 2 aliphatic heterocycles. The largest absolute Gasteiger partial charge is 0.480 e. The number of carbonyl (C=O) groups is 2. The predicted octanol–water partition coefficient (Wildman–Crippen LogP) is 0.450. The molecule has 5 nitrogen and oxygen atoms in total. The molecular formula is C12H20N2O3. The molecule has 0 radical (unpaired) electrons. The number of rotatable bonds is 2. The maximum Gasteiger partial charge on any atom is 0.326 e. The molecule has 3 atom stereocenters. The van der Waals surface area contributed by atoms with Crippen LogP contribution in [0.2, 0.25) is 0 Å². The number of piperidine rings is 1. The minimum Gasteiger partial charge on any atom is -0.480 e. The molecule has 0 saturated carbocycles. The first-order valence-corrected chi connectivity index (χ1v) is 6.36. The second kappa shape index (κ2) is 5.04. The summed E-state index contributed by atoms with van der Waals surface area (Å²) in [6.45, 7) is 3.49. The van der Waals surface area contributed by atoms with Crippen molar-refractivity contribution in [2.45, 2.75) is 44.7 Å². The molecule has 2 heterocycles. The predicted molar refractivity (Wildman–Crippen MR) is 62.6 cm³/mol. The molecule has 96 valence electrons. The van der Waals surface area contributed by atoms with Crippen molar-refractivity contribution in [3.05, 3.63) is 0 Å². The summed E-state index contributed by atoms with van der Waals surface area (Å²) in [6.07, 6.45) is 3.31. The molecule has 2 N–H and O–H groups in total. The molecular weight excluding hydrogens is 220 g/mol. The Morgan fingerprint density at radius 1 is 1.35 bits per heavy atom. The Bertz CT molecular complexity index is 313. The smallest absolute Gasteiger partial charge is 0.326 e. The molecule has 0 spiro atoms. The van der Waals surface area contributed by atoms with Crippen LogP contribution in [0.1, 0.15) is 32.6 Å². The summed E-state index contributed by atoms with van der Waals surface area (Å²) in [5.41, 5.74) is 0. The SMILES string of the molecule is CC1CCN(C(=O)[C@@H]2CCCN2)C(C(=O)O)C1. The van der Waals surface area contributed by atoms with Crippen molar-refractivity contribution in [1.82, 2.24) is 10.2 Å². The number of nitrogens with zero attached hydrogens (tertiary/aromatic N) is 1. The third-order valence-corrected chi connectivity index (χ3v) is 3.79. The van der Waals surface area contributed by atoms with Gasteiger partial charge < -0.3 is 15.3 Å². The maximum atomic E-state index is 12.2. The summed E-state index contributed by atoms with van der Waals surface area (Å²) in [5.74, 6) is -0.513. The van der Waals surface area contributed by atoms with Gasteiger partial charge in [-0.25, -0.2) is 4.79 Å². The first kappa shape index (κ1) is 12.4. The number of carbonyl (C=O) groups excluding carboxylic acids is 1. The summed E-state index contributed by atoms with van der Waals surface area (Å²) in [6, 6.07) is -0.793. The van der Waals surface area contributed by atoms with Crippen molar-refractivity contribution < 1.29 is 14.7 Å². The van der Waals surface area contributed by atoms with Gasteiger partial charge in [-0.1, -0.05) is 6.92 Å². The molecule has 0 aliphatic carbocycles. The van der Waals surface area contributed by atoms with E-state index in [4.69, 9.17) is 0 Å². The average molecular weight is 240 g/mol. The first-order valence-electron chi connectivity index (χ1n) is 6.36. The molecule has 0 bridgehead atoms. The van der Waals surface area contributed by atoms with E-state index in [1.165, 1.54) is 0 Å². The van der Waals surface area contributed by atoms with E-state index in [9.17, 15) is 14.7 Å². The Labute approximate surface area is 101 Å². The fraction of sp³-hybridized carbons (Fsp3) is 0.833. The van der Waals surface area contributed by atoms with Crippen molar-refractivity contribution in [2.75, 3.05) is 13.1 Å². The molecule has 2 fully saturated rings. The van der Waals surface area contributed by atoms with Gasteiger partial charge in [0.1, 0.15) is 6.04 Å². The zero-order valence-corrected chi connectivity index (χ0v) is 10.2. The van der Waals surface area contributed by atoms with Crippen LogP contribution in [-0.2, 0) is 9.59 Å². The minimum atomic E-state index is -0.872. The van der Waals surface area contributed by atoms with Gasteiger partial charge >= 0.3 is 5.97 Å². The monoisotopic (exact) mass is 240 g/mol. The molecule has 5 heteroatoms. The van der Waals surface area contributed by atoms with E-state index in [1.54, 1.807) is 4.90 Å². The Morgan fingerprint density at radius 2 is 2.12 bits per heavy atom. The van der Waals surface area contributed by atoms with Crippen molar-refractivity contribution >= 4 is 11.9 Å². The number of amides is 1. The van der Waals surface area contributed by atoms with Gasteiger partial charge in [0.05, 0.1) is 6.04 Å². The summed E-state index contributed by atoms with van der Waals surface area (Å²) >= 11 is 0. The Morgan fingerprint density at radius 3 is 2.71 bits per heavy atom. The normalized spacial score (nSPS) is 33.7. The second-order valence-corrected chi connectivity index (χ2v) is 5.16. The van der Waals surface area contributed by atoms with Gasteiger partial charge in [0.2, 0.25) is 5.91 Å². The summed E-state index contributed by atoms with van der Waals surface area (Å²) in [4.78, 5) is 25.0. The Hall–Kier alpha value is -1.10. The maximum absolute atomic E-state index is 12.2. The molecule has 2 rings (SSSR count). The third-order valence-electron chi connectivity index (χ3n) is 3.79. The van der Waals surface area contributed by atoms with Crippen LogP contribution in [0, 0.1) is 5.92 Å². The molecule has 2 unspecified atom stereocenters. The molecule has 2 aliphatic rings. The Balaban J connectivity index is 2.06. The highest BCUT2D eigenvalue weighted by Crippen LogP contribution is 2.24. The van der Waals surface area contributed by atoms with Crippen molar-refractivity contribution in [2.24, 2.45) is 5.92 Å². The van der Waals surface area contributed by atoms with Crippen LogP contribution in [0.15, 0.2) is 0 Å². The lowest BCUT2D eigenvalue weighted by molar-refractivity contribution is -0.153. The van der Waals surface area contributed by atoms with E-state index >= 15 is 0 Å². The lowest BCUT2D eigenvalue weighted by Crippen LogP contribution is -2.54. The van der Waals surface area contributed by atoms with Gasteiger partial charge in [-0.15, -0.1) is 0 Å². The number of carboxylic acid groups (broad SMARTS) is 1. The summed E-state index contributed by atoms with van der Waals surface area (Å²) < 4.78 is 0. The topological polar surface area (TPSA) is 69.6 Å². The number of carboxylic acids is 1. The van der Waals surface area contributed by atoms with Gasteiger partial charge in [-0.05, 0) is 38.1 Å². The highest BCUT2D eigenvalue weighted by atomic mass is 16.4. The quantitative estimate of drug-likeness (QED) is 0.735. The van der Waals surface area contributed by atoms with Crippen LogP contribution < -0.4 is 5.32 Å². The number of hydrogen-bond acceptors (Lipinski definition) is 3. The number of aliphatic carboxylic acids is 1. The number of hydrogen-bond donors (Lipinski definition) is 2. The number of likely N-dealkylation sites (tertiary alicyclic amines) is 1. The van der Waals surface area contributed by atoms with Crippen molar-refractivity contribution in [1.29, 1.82) is 0 Å². The van der Waals surface area contributed by atoms with Gasteiger partial charge in [-0.2, -0.15) is 0 Å². The standard InChI is InChI=1S/C12H20N2O3/c1-8-4-6-14(10(7-8)12(16)17)11(15)9-3-2-5-13-9/h8-10,13H,2-7H2,1H3,(H,16,17)/t8?,9-,10?/m0/s1. The lowest BCUT2D eigenvalue weighted by atomic mass is 9.92. The van der Waals surface area contributed by atoms with Gasteiger partial charge in [0.15, 0.2) is 0 Å². The van der Waals surface area contributed by atoms with Crippen LogP contribution >= 0.6 is 0 Å². The van der Waals surface area contributed by atoms with E-state index in [0.29, 0.717) is 18.9 Å². The van der Waals surface area contributed by atoms with E-state index in [0.717, 1.165) is 25.8 Å². The van der Waals surface area contributed by atoms with E-state index in [1.807, 2.05) is 6.92 Å². The zero-order chi connectivity index (χ0) is 12.4. The zero-order valence-electron chi connectivity index (χ0n) is 10.2. The van der Waals surface area contributed by atoms with Crippen molar-refractivity contribution in [3.63, 3.8) is 0 Å². The van der Waals surface area contributed by atoms with Crippen LogP contribution in [0.5, 0.6) is 0 Å². The molecule has 17 heavy (non-hydrogen) atoms. The highest BCUT2D eigenvalue weighted by Gasteiger charge is 2.37.